The molecule has 7 nitrogen and oxygen atoms in total. The number of hydrogen-bond acceptors (Lipinski definition) is 7. The van der Waals surface area contributed by atoms with Gasteiger partial charge in [0.1, 0.15) is 5.84 Å². The van der Waals surface area contributed by atoms with Gasteiger partial charge in [0.15, 0.2) is 10.3 Å². The Morgan fingerprint density at radius 3 is 2.13 bits per heavy atom. The van der Waals surface area contributed by atoms with Crippen LogP contribution in [0.5, 0.6) is 0 Å². The van der Waals surface area contributed by atoms with Gasteiger partial charge >= 0.3 is 11.9 Å². The summed E-state index contributed by atoms with van der Waals surface area (Å²) in [5, 5.41) is 0. The van der Waals surface area contributed by atoms with Gasteiger partial charge in [-0.3, -0.25) is 9.69 Å². The lowest BCUT2D eigenvalue weighted by molar-refractivity contribution is -0.148. The van der Waals surface area contributed by atoms with Crippen LogP contribution in [0.25, 0.3) is 0 Å². The molecular formula is C31H31N3O4S. The van der Waals surface area contributed by atoms with Gasteiger partial charge in [0.05, 0.1) is 36.9 Å². The Hall–Kier alpha value is -4.04. The highest BCUT2D eigenvalue weighted by Gasteiger charge is 2.73. The second-order valence-electron chi connectivity index (χ2n) is 9.48. The number of likely N-dealkylation sites (N-methyl/N-ethyl adjacent to an activating group) is 1. The van der Waals surface area contributed by atoms with Crippen LogP contribution in [0.1, 0.15) is 20.8 Å². The molecule has 200 valence electrons. The van der Waals surface area contributed by atoms with E-state index in [0.29, 0.717) is 29.3 Å². The highest BCUT2D eigenvalue weighted by molar-refractivity contribution is 8.01. The third kappa shape index (κ3) is 3.85. The molecule has 1 fully saturated rings. The minimum atomic E-state index is -1.35. The van der Waals surface area contributed by atoms with Gasteiger partial charge in [-0.15, -0.1) is 0 Å². The zero-order valence-electron chi connectivity index (χ0n) is 22.7. The second-order valence-corrected chi connectivity index (χ2v) is 10.7. The molecule has 0 unspecified atom stereocenters. The van der Waals surface area contributed by atoms with E-state index in [1.807, 2.05) is 104 Å². The molecule has 2 aliphatic rings. The molecule has 3 aromatic carbocycles. The fraction of sp³-hybridized carbons (Fsp3) is 0.258. The largest absolute Gasteiger partial charge is 0.468 e. The van der Waals surface area contributed by atoms with Crippen molar-refractivity contribution in [2.75, 3.05) is 30.6 Å². The predicted molar refractivity (Wildman–Crippen MR) is 155 cm³/mol. The molecule has 39 heavy (non-hydrogen) atoms. The van der Waals surface area contributed by atoms with Crippen molar-refractivity contribution >= 4 is 46.6 Å². The highest BCUT2D eigenvalue weighted by atomic mass is 32.2. The number of benzene rings is 3. The minimum absolute atomic E-state index is 0.383. The Labute approximate surface area is 233 Å². The average Bonchev–Trinajstić information content (AvgIpc) is 3.43. The first kappa shape index (κ1) is 26.6. The lowest BCUT2D eigenvalue weighted by Gasteiger charge is -2.44. The van der Waals surface area contributed by atoms with Crippen LogP contribution in [0, 0.1) is 5.41 Å². The zero-order chi connectivity index (χ0) is 27.8. The average molecular weight is 542 g/mol. The van der Waals surface area contributed by atoms with Crippen molar-refractivity contribution in [2.24, 2.45) is 10.4 Å². The lowest BCUT2D eigenvalue weighted by Crippen LogP contribution is -2.59. The van der Waals surface area contributed by atoms with Crippen LogP contribution in [-0.4, -0.2) is 43.4 Å². The topological polar surface area (TPSA) is 71.4 Å². The number of fused-ring (bicyclic) bond motifs is 1. The Balaban J connectivity index is 1.97. The maximum atomic E-state index is 14.2. The van der Waals surface area contributed by atoms with Crippen LogP contribution in [-0.2, 0) is 19.1 Å². The number of carbonyl (C=O) groups is 2. The van der Waals surface area contributed by atoms with E-state index in [1.54, 1.807) is 18.7 Å². The molecule has 0 amide bonds. The quantitative estimate of drug-likeness (QED) is 0.282. The molecule has 0 N–H and O–H groups in total. The van der Waals surface area contributed by atoms with Crippen molar-refractivity contribution in [3.05, 3.63) is 96.2 Å². The van der Waals surface area contributed by atoms with E-state index < -0.39 is 22.2 Å². The first-order valence-corrected chi connectivity index (χ1v) is 13.6. The Morgan fingerprint density at radius 2 is 1.51 bits per heavy atom. The summed E-state index contributed by atoms with van der Waals surface area (Å²) in [7, 11) is 2.76. The van der Waals surface area contributed by atoms with Gasteiger partial charge in [-0.25, -0.2) is 9.79 Å². The van der Waals surface area contributed by atoms with Gasteiger partial charge in [-0.1, -0.05) is 60.3 Å². The van der Waals surface area contributed by atoms with Gasteiger partial charge < -0.3 is 14.4 Å². The number of ether oxygens (including phenoxy) is 2. The van der Waals surface area contributed by atoms with Crippen LogP contribution in [0.15, 0.2) is 106 Å². The van der Waals surface area contributed by atoms with Gasteiger partial charge in [-0.2, -0.15) is 0 Å². The van der Waals surface area contributed by atoms with Crippen molar-refractivity contribution < 1.29 is 19.1 Å². The van der Waals surface area contributed by atoms with Crippen molar-refractivity contribution in [1.82, 2.24) is 0 Å². The molecule has 1 saturated heterocycles. The monoisotopic (exact) mass is 541 g/mol. The highest BCUT2D eigenvalue weighted by Crippen LogP contribution is 2.67. The first-order valence-electron chi connectivity index (χ1n) is 12.8. The van der Waals surface area contributed by atoms with Gasteiger partial charge in [0.2, 0.25) is 0 Å². The van der Waals surface area contributed by atoms with Gasteiger partial charge in [0.25, 0.3) is 0 Å². The third-order valence-corrected chi connectivity index (χ3v) is 9.12. The summed E-state index contributed by atoms with van der Waals surface area (Å²) < 4.78 is 10.8. The molecule has 2 heterocycles. The normalized spacial score (nSPS) is 24.2. The molecule has 2 atom stereocenters. The minimum Gasteiger partial charge on any atom is -0.468 e. The van der Waals surface area contributed by atoms with Crippen LogP contribution in [0.2, 0.25) is 0 Å². The van der Waals surface area contributed by atoms with Crippen LogP contribution in [0.4, 0.5) is 17.1 Å². The van der Waals surface area contributed by atoms with E-state index in [-0.39, 0.29) is 0 Å². The maximum absolute atomic E-state index is 14.2. The van der Waals surface area contributed by atoms with Gasteiger partial charge in [-0.05, 0) is 57.2 Å². The number of aliphatic imine (C=N–C) groups is 1. The summed E-state index contributed by atoms with van der Waals surface area (Å²) in [5.74, 6) is -0.473. The van der Waals surface area contributed by atoms with Crippen molar-refractivity contribution in [3.8, 4) is 0 Å². The van der Waals surface area contributed by atoms with Crippen molar-refractivity contribution in [3.63, 3.8) is 0 Å². The lowest BCUT2D eigenvalue weighted by atomic mass is 9.80. The number of carbonyl (C=O) groups excluding carboxylic acids is 2. The number of thioether (sulfide) groups is 1. The number of para-hydroxylation sites is 3. The summed E-state index contributed by atoms with van der Waals surface area (Å²) in [6.07, 6.45) is 0. The van der Waals surface area contributed by atoms with E-state index in [0.717, 1.165) is 16.3 Å². The summed E-state index contributed by atoms with van der Waals surface area (Å²) in [5.41, 5.74) is 2.07. The number of esters is 2. The van der Waals surface area contributed by atoms with E-state index in [2.05, 4.69) is 4.90 Å². The standard InChI is InChI=1S/C31H31N3O4S/c1-6-33-24-19-13-14-20-25(24)39-31(33)26(21(2)27(35)37-4)34(23-17-11-8-12-18-23)28(30(31,3)29(36)38-5)32-22-15-9-7-10-16-22/h7-20H,6H2,1-5H3/b26-21+,32-28?/t30-,31+/m1/s1. The summed E-state index contributed by atoms with van der Waals surface area (Å²) in [4.78, 5) is 36.6. The number of rotatable bonds is 5. The molecule has 3 aromatic rings. The predicted octanol–water partition coefficient (Wildman–Crippen LogP) is 6.19. The maximum Gasteiger partial charge on any atom is 0.335 e. The fourth-order valence-corrected chi connectivity index (χ4v) is 7.49. The summed E-state index contributed by atoms with van der Waals surface area (Å²) in [6.45, 7) is 6.23. The van der Waals surface area contributed by atoms with E-state index >= 15 is 0 Å². The zero-order valence-corrected chi connectivity index (χ0v) is 23.5. The van der Waals surface area contributed by atoms with Crippen LogP contribution in [0.3, 0.4) is 0 Å². The Kier molecular flexibility index (Phi) is 6.99. The number of hydrogen-bond donors (Lipinski definition) is 0. The Bertz CT molecular complexity index is 1470. The van der Waals surface area contributed by atoms with Gasteiger partial charge in [0, 0.05) is 17.1 Å². The molecule has 0 bridgehead atoms. The van der Waals surface area contributed by atoms with Crippen LogP contribution >= 0.6 is 11.8 Å². The molecule has 0 saturated carbocycles. The number of anilines is 2. The van der Waals surface area contributed by atoms with E-state index in [1.165, 1.54) is 14.2 Å². The molecule has 5 rings (SSSR count). The molecule has 2 aliphatic heterocycles. The van der Waals surface area contributed by atoms with E-state index in [4.69, 9.17) is 14.5 Å². The summed E-state index contributed by atoms with van der Waals surface area (Å²) in [6, 6.07) is 27.2. The molecule has 0 radical (unpaired) electrons. The number of nitrogens with zero attached hydrogens (tertiary/aromatic N) is 3. The van der Waals surface area contributed by atoms with Crippen LogP contribution < -0.4 is 9.80 Å². The first-order chi connectivity index (χ1) is 18.8. The number of amidine groups is 1. The van der Waals surface area contributed by atoms with E-state index in [9.17, 15) is 9.59 Å². The molecule has 0 aliphatic carbocycles. The Morgan fingerprint density at radius 1 is 0.897 bits per heavy atom. The molecule has 0 aromatic heterocycles. The number of methoxy groups -OCH3 is 2. The molecular weight excluding hydrogens is 510 g/mol. The smallest absolute Gasteiger partial charge is 0.335 e. The van der Waals surface area contributed by atoms with Crippen molar-refractivity contribution in [1.29, 1.82) is 0 Å². The molecule has 1 spiro atoms. The fourth-order valence-electron chi connectivity index (χ4n) is 5.68. The van der Waals surface area contributed by atoms with Crippen molar-refractivity contribution in [2.45, 2.75) is 30.5 Å². The summed E-state index contributed by atoms with van der Waals surface area (Å²) >= 11 is 1.54. The molecule has 8 heteroatoms. The third-order valence-electron chi connectivity index (χ3n) is 7.44. The SMILES string of the molecule is CCN1c2ccccc2S[C@]12/C(=C(/C)C(=O)OC)N(c1ccccc1)C(=Nc1ccccc1)[C@]2(C)C(=O)OC. The second kappa shape index (κ2) is 10.3.